The molecule has 8 heteroatoms. The van der Waals surface area contributed by atoms with E-state index < -0.39 is 6.04 Å². The Morgan fingerprint density at radius 2 is 1.55 bits per heavy atom. The molecule has 0 heterocycles. The van der Waals surface area contributed by atoms with Crippen molar-refractivity contribution in [3.05, 3.63) is 29.8 Å². The highest BCUT2D eigenvalue weighted by Crippen LogP contribution is 2.28. The van der Waals surface area contributed by atoms with Crippen LogP contribution in [0.3, 0.4) is 0 Å². The molecular formula is C32H52BN2O5. The lowest BCUT2D eigenvalue weighted by Gasteiger charge is -2.20. The van der Waals surface area contributed by atoms with Crippen molar-refractivity contribution in [1.82, 2.24) is 10.6 Å². The smallest absolute Gasteiger partial charge is 0.305 e. The molecule has 3 radical (unpaired) electrons. The maximum atomic E-state index is 12.8. The number of benzene rings is 1. The molecule has 2 aliphatic carbocycles. The summed E-state index contributed by atoms with van der Waals surface area (Å²) in [7, 11) is 0. The molecule has 2 N–H and O–H groups in total. The minimum absolute atomic E-state index is 0. The van der Waals surface area contributed by atoms with E-state index in [2.05, 4.69) is 10.6 Å². The van der Waals surface area contributed by atoms with Gasteiger partial charge in [-0.1, -0.05) is 83.8 Å². The van der Waals surface area contributed by atoms with Crippen molar-refractivity contribution in [2.75, 3.05) is 19.8 Å². The zero-order chi connectivity index (χ0) is 28.3. The Bertz CT molecular complexity index is 829. The molecule has 0 aliphatic heterocycles. The van der Waals surface area contributed by atoms with E-state index in [0.717, 1.165) is 12.0 Å². The van der Waals surface area contributed by atoms with Gasteiger partial charge in [-0.3, -0.25) is 14.4 Å². The first-order chi connectivity index (χ1) is 18.9. The van der Waals surface area contributed by atoms with Gasteiger partial charge in [0.25, 0.3) is 0 Å². The molecule has 40 heavy (non-hydrogen) atoms. The van der Waals surface area contributed by atoms with E-state index in [9.17, 15) is 14.4 Å². The van der Waals surface area contributed by atoms with Gasteiger partial charge in [-0.05, 0) is 49.3 Å². The third kappa shape index (κ3) is 15.9. The number of esters is 1. The van der Waals surface area contributed by atoms with Gasteiger partial charge in [-0.2, -0.15) is 0 Å². The first-order valence-electron chi connectivity index (χ1n) is 15.3. The Morgan fingerprint density at radius 1 is 0.925 bits per heavy atom. The van der Waals surface area contributed by atoms with Crippen molar-refractivity contribution < 1.29 is 23.9 Å². The van der Waals surface area contributed by atoms with Gasteiger partial charge in [-0.25, -0.2) is 0 Å². The van der Waals surface area contributed by atoms with E-state index in [0.29, 0.717) is 63.0 Å². The molecule has 7 nitrogen and oxygen atoms in total. The summed E-state index contributed by atoms with van der Waals surface area (Å²) in [5.41, 5.74) is 0.944. The Morgan fingerprint density at radius 3 is 2.12 bits per heavy atom. The van der Waals surface area contributed by atoms with Gasteiger partial charge < -0.3 is 20.1 Å². The molecule has 0 bridgehead atoms. The van der Waals surface area contributed by atoms with E-state index in [1.807, 2.05) is 38.1 Å². The number of amides is 2. The van der Waals surface area contributed by atoms with E-state index in [1.165, 1.54) is 57.8 Å². The maximum absolute atomic E-state index is 12.8. The summed E-state index contributed by atoms with van der Waals surface area (Å²) in [6, 6.07) is 6.92. The standard InChI is InChI=1S/C27H42N2O5.C5H10.B/c1-4-33-26(31)10-7-17-34-23-14-11-22(12-15-23)18-24(27(32)28-19-20(2)3)29-25(30)16-13-21-8-5-6-9-21;1-2-4-5-3-1;/h11-12,14-15,20-21,24H,4-10,13,16-19H2,1-3H3,(H,28,32)(H,29,30);1-5H2;/t24-;;/m0../s1. The average Bonchev–Trinajstić information content (AvgIpc) is 3.67. The summed E-state index contributed by atoms with van der Waals surface area (Å²) in [4.78, 5) is 36.8. The summed E-state index contributed by atoms with van der Waals surface area (Å²) in [6.45, 7) is 7.26. The van der Waals surface area contributed by atoms with Crippen molar-refractivity contribution in [2.45, 2.75) is 117 Å². The first kappa shape index (κ1) is 35.5. The second-order valence-corrected chi connectivity index (χ2v) is 11.3. The fourth-order valence-corrected chi connectivity index (χ4v) is 5.02. The zero-order valence-electron chi connectivity index (χ0n) is 25.2. The van der Waals surface area contributed by atoms with Gasteiger partial charge in [0.15, 0.2) is 0 Å². The molecule has 2 fully saturated rings. The minimum atomic E-state index is -0.605. The Balaban J connectivity index is 0.00000120. The Kier molecular flexibility index (Phi) is 18.9. The molecule has 2 aliphatic rings. The number of ether oxygens (including phenoxy) is 2. The van der Waals surface area contributed by atoms with Crippen molar-refractivity contribution in [3.8, 4) is 5.75 Å². The third-order valence-corrected chi connectivity index (χ3v) is 7.30. The lowest BCUT2D eigenvalue weighted by atomic mass is 10.0. The van der Waals surface area contributed by atoms with Gasteiger partial charge in [0.1, 0.15) is 11.8 Å². The second-order valence-electron chi connectivity index (χ2n) is 11.3. The largest absolute Gasteiger partial charge is 0.494 e. The predicted molar refractivity (Wildman–Crippen MR) is 161 cm³/mol. The van der Waals surface area contributed by atoms with Crippen molar-refractivity contribution in [1.29, 1.82) is 0 Å². The van der Waals surface area contributed by atoms with E-state index >= 15 is 0 Å². The Labute approximate surface area is 244 Å². The molecule has 1 aromatic carbocycles. The highest BCUT2D eigenvalue weighted by atomic mass is 16.5. The zero-order valence-corrected chi connectivity index (χ0v) is 25.2. The van der Waals surface area contributed by atoms with Crippen LogP contribution in [0.4, 0.5) is 0 Å². The summed E-state index contributed by atoms with van der Waals surface area (Å²) in [6.07, 6.45) is 15.2. The van der Waals surface area contributed by atoms with E-state index in [1.54, 1.807) is 6.92 Å². The van der Waals surface area contributed by atoms with Crippen LogP contribution in [-0.4, -0.2) is 52.0 Å². The highest BCUT2D eigenvalue weighted by molar-refractivity contribution is 5.87. The first-order valence-corrected chi connectivity index (χ1v) is 15.3. The fourth-order valence-electron chi connectivity index (χ4n) is 5.02. The van der Waals surface area contributed by atoms with Crippen LogP contribution in [-0.2, 0) is 25.5 Å². The molecule has 3 rings (SSSR count). The van der Waals surface area contributed by atoms with E-state index in [4.69, 9.17) is 9.47 Å². The van der Waals surface area contributed by atoms with Crippen molar-refractivity contribution >= 4 is 26.2 Å². The monoisotopic (exact) mass is 555 g/mol. The summed E-state index contributed by atoms with van der Waals surface area (Å²) in [5.74, 6) is 1.26. The maximum Gasteiger partial charge on any atom is 0.305 e. The molecular weight excluding hydrogens is 503 g/mol. The number of hydrogen-bond donors (Lipinski definition) is 2. The molecule has 1 atom stereocenters. The molecule has 0 unspecified atom stereocenters. The van der Waals surface area contributed by atoms with Crippen LogP contribution in [0.15, 0.2) is 24.3 Å². The van der Waals surface area contributed by atoms with Gasteiger partial charge in [0.05, 0.1) is 13.2 Å². The van der Waals surface area contributed by atoms with Crippen LogP contribution in [0, 0.1) is 11.8 Å². The molecule has 1 aromatic rings. The molecule has 2 saturated carbocycles. The highest BCUT2D eigenvalue weighted by Gasteiger charge is 2.23. The number of carbonyl (C=O) groups is 3. The molecule has 0 aromatic heterocycles. The van der Waals surface area contributed by atoms with Crippen LogP contribution < -0.4 is 15.4 Å². The topological polar surface area (TPSA) is 93.7 Å². The predicted octanol–water partition coefficient (Wildman–Crippen LogP) is 5.75. The summed E-state index contributed by atoms with van der Waals surface area (Å²) >= 11 is 0. The number of carbonyl (C=O) groups excluding carboxylic acids is 3. The lowest BCUT2D eigenvalue weighted by molar-refractivity contribution is -0.143. The number of hydrogen-bond acceptors (Lipinski definition) is 5. The molecule has 223 valence electrons. The van der Waals surface area contributed by atoms with Crippen LogP contribution in [0.25, 0.3) is 0 Å². The van der Waals surface area contributed by atoms with Crippen molar-refractivity contribution in [3.63, 3.8) is 0 Å². The number of nitrogens with one attached hydrogen (secondary N) is 2. The van der Waals surface area contributed by atoms with Crippen LogP contribution in [0.5, 0.6) is 5.75 Å². The van der Waals surface area contributed by atoms with Gasteiger partial charge in [0.2, 0.25) is 11.8 Å². The number of rotatable bonds is 15. The SMILES string of the molecule is C1CCCC1.CCOC(=O)CCCOc1ccc(C[C@H](NC(=O)CCC2CCCC2)C(=O)NCC(C)C)cc1.[B]. The quantitative estimate of drug-likeness (QED) is 0.163. The fraction of sp³-hybridized carbons (Fsp3) is 0.719. The summed E-state index contributed by atoms with van der Waals surface area (Å²) < 4.78 is 10.6. The van der Waals surface area contributed by atoms with Gasteiger partial charge in [0, 0.05) is 34.2 Å². The summed E-state index contributed by atoms with van der Waals surface area (Å²) in [5, 5.41) is 5.92. The van der Waals surface area contributed by atoms with Crippen LogP contribution in [0.1, 0.15) is 110 Å². The minimum Gasteiger partial charge on any atom is -0.494 e. The lowest BCUT2D eigenvalue weighted by Crippen LogP contribution is -2.48. The molecule has 0 saturated heterocycles. The van der Waals surface area contributed by atoms with Crippen LogP contribution >= 0.6 is 0 Å². The van der Waals surface area contributed by atoms with Gasteiger partial charge in [-0.15, -0.1) is 0 Å². The van der Waals surface area contributed by atoms with Crippen LogP contribution in [0.2, 0.25) is 0 Å². The third-order valence-electron chi connectivity index (χ3n) is 7.30. The van der Waals surface area contributed by atoms with Crippen molar-refractivity contribution in [2.24, 2.45) is 11.8 Å². The average molecular weight is 556 g/mol. The molecule has 0 spiro atoms. The van der Waals surface area contributed by atoms with Gasteiger partial charge >= 0.3 is 5.97 Å². The molecule has 2 amide bonds. The Hall–Kier alpha value is -2.51. The van der Waals surface area contributed by atoms with E-state index in [-0.39, 0.29) is 26.2 Å². The normalized spacial score (nSPS) is 15.4. The second kappa shape index (κ2) is 21.3.